The molecule has 1 aromatic carbocycles. The van der Waals surface area contributed by atoms with E-state index < -0.39 is 5.54 Å². The fourth-order valence-corrected chi connectivity index (χ4v) is 2.39. The van der Waals surface area contributed by atoms with E-state index in [1.165, 1.54) is 0 Å². The van der Waals surface area contributed by atoms with Gasteiger partial charge in [-0.15, -0.1) is 0 Å². The summed E-state index contributed by atoms with van der Waals surface area (Å²) in [6.45, 7) is 0. The zero-order valence-corrected chi connectivity index (χ0v) is 9.25. The Balaban J connectivity index is 2.10. The van der Waals surface area contributed by atoms with Crippen LogP contribution in [0.1, 0.15) is 29.6 Å². The SMILES string of the molecule is Nc1cccc2c1C(=O)NC1(CCC1)C(=O)N2. The van der Waals surface area contributed by atoms with Gasteiger partial charge >= 0.3 is 0 Å². The van der Waals surface area contributed by atoms with Crippen molar-refractivity contribution in [1.82, 2.24) is 5.32 Å². The summed E-state index contributed by atoms with van der Waals surface area (Å²) in [6, 6.07) is 5.07. The summed E-state index contributed by atoms with van der Waals surface area (Å²) in [4.78, 5) is 24.2. The molecule has 3 rings (SSSR count). The first-order valence-electron chi connectivity index (χ1n) is 5.65. The van der Waals surface area contributed by atoms with E-state index in [2.05, 4.69) is 10.6 Å². The minimum Gasteiger partial charge on any atom is -0.398 e. The molecule has 4 N–H and O–H groups in total. The summed E-state index contributed by atoms with van der Waals surface area (Å²) in [5.41, 5.74) is 6.31. The molecule has 5 heteroatoms. The van der Waals surface area contributed by atoms with E-state index in [9.17, 15) is 9.59 Å². The second-order valence-corrected chi connectivity index (χ2v) is 4.61. The number of carbonyl (C=O) groups excluding carboxylic acids is 2. The first kappa shape index (κ1) is 10.1. The molecule has 0 unspecified atom stereocenters. The second-order valence-electron chi connectivity index (χ2n) is 4.61. The Morgan fingerprint density at radius 1 is 1.24 bits per heavy atom. The van der Waals surface area contributed by atoms with Crippen molar-refractivity contribution in [3.63, 3.8) is 0 Å². The highest BCUT2D eigenvalue weighted by Gasteiger charge is 2.47. The predicted octanol–water partition coefficient (Wildman–Crippen LogP) is 0.873. The van der Waals surface area contributed by atoms with Gasteiger partial charge < -0.3 is 16.4 Å². The molecule has 88 valence electrons. The van der Waals surface area contributed by atoms with Crippen LogP contribution in [0.15, 0.2) is 18.2 Å². The smallest absolute Gasteiger partial charge is 0.256 e. The van der Waals surface area contributed by atoms with E-state index in [1.54, 1.807) is 18.2 Å². The van der Waals surface area contributed by atoms with Crippen LogP contribution in [-0.2, 0) is 4.79 Å². The van der Waals surface area contributed by atoms with Crippen LogP contribution in [0.25, 0.3) is 0 Å². The first-order valence-corrected chi connectivity index (χ1v) is 5.65. The molecule has 5 nitrogen and oxygen atoms in total. The van der Waals surface area contributed by atoms with E-state index in [-0.39, 0.29) is 11.8 Å². The number of benzene rings is 1. The van der Waals surface area contributed by atoms with Crippen LogP contribution >= 0.6 is 0 Å². The molecule has 0 bridgehead atoms. The monoisotopic (exact) mass is 231 g/mol. The first-order chi connectivity index (χ1) is 8.12. The number of carbonyl (C=O) groups is 2. The zero-order valence-electron chi connectivity index (χ0n) is 9.25. The highest BCUT2D eigenvalue weighted by atomic mass is 16.2. The largest absolute Gasteiger partial charge is 0.398 e. The maximum absolute atomic E-state index is 12.1. The number of hydrogen-bond donors (Lipinski definition) is 3. The molecule has 1 spiro atoms. The van der Waals surface area contributed by atoms with Gasteiger partial charge in [-0.1, -0.05) is 6.07 Å². The highest BCUT2D eigenvalue weighted by molar-refractivity contribution is 6.14. The van der Waals surface area contributed by atoms with Gasteiger partial charge in [0.05, 0.1) is 11.3 Å². The maximum atomic E-state index is 12.1. The minimum atomic E-state index is -0.720. The van der Waals surface area contributed by atoms with Crippen molar-refractivity contribution in [3.8, 4) is 0 Å². The normalized spacial score (nSPS) is 20.9. The van der Waals surface area contributed by atoms with E-state index in [4.69, 9.17) is 5.73 Å². The summed E-state index contributed by atoms with van der Waals surface area (Å²) < 4.78 is 0. The van der Waals surface area contributed by atoms with Crippen LogP contribution in [0.5, 0.6) is 0 Å². The van der Waals surface area contributed by atoms with Gasteiger partial charge in [-0.25, -0.2) is 0 Å². The van der Waals surface area contributed by atoms with Crippen molar-refractivity contribution in [2.24, 2.45) is 0 Å². The number of nitrogens with two attached hydrogens (primary N) is 1. The Morgan fingerprint density at radius 3 is 2.65 bits per heavy atom. The molecule has 1 fully saturated rings. The molecule has 0 aromatic heterocycles. The Morgan fingerprint density at radius 2 is 2.00 bits per heavy atom. The van der Waals surface area contributed by atoms with Gasteiger partial charge in [-0.05, 0) is 31.4 Å². The lowest BCUT2D eigenvalue weighted by atomic mass is 9.76. The average molecular weight is 231 g/mol. The van der Waals surface area contributed by atoms with Crippen LogP contribution < -0.4 is 16.4 Å². The van der Waals surface area contributed by atoms with Crippen molar-refractivity contribution in [2.45, 2.75) is 24.8 Å². The van der Waals surface area contributed by atoms with Crippen LogP contribution in [-0.4, -0.2) is 17.4 Å². The third-order valence-corrected chi connectivity index (χ3v) is 3.57. The number of nitrogen functional groups attached to an aromatic ring is 1. The van der Waals surface area contributed by atoms with Gasteiger partial charge in [-0.2, -0.15) is 0 Å². The Bertz CT molecular complexity index is 520. The van der Waals surface area contributed by atoms with Gasteiger partial charge in [0.1, 0.15) is 5.54 Å². The Labute approximate surface area is 98.4 Å². The third-order valence-electron chi connectivity index (χ3n) is 3.57. The van der Waals surface area contributed by atoms with Crippen LogP contribution in [0, 0.1) is 0 Å². The molecule has 1 aliphatic carbocycles. The molecule has 1 saturated carbocycles. The number of rotatable bonds is 0. The van der Waals surface area contributed by atoms with Gasteiger partial charge in [0, 0.05) is 5.69 Å². The van der Waals surface area contributed by atoms with E-state index >= 15 is 0 Å². The van der Waals surface area contributed by atoms with Crippen LogP contribution in [0.4, 0.5) is 11.4 Å². The molecule has 1 aromatic rings. The summed E-state index contributed by atoms with van der Waals surface area (Å²) in [7, 11) is 0. The van der Waals surface area contributed by atoms with Crippen molar-refractivity contribution in [1.29, 1.82) is 0 Å². The maximum Gasteiger partial charge on any atom is 0.256 e. The third kappa shape index (κ3) is 1.32. The average Bonchev–Trinajstić information content (AvgIpc) is 2.33. The van der Waals surface area contributed by atoms with Crippen LogP contribution in [0.3, 0.4) is 0 Å². The fraction of sp³-hybridized carbons (Fsp3) is 0.333. The van der Waals surface area contributed by atoms with Gasteiger partial charge in [0.2, 0.25) is 5.91 Å². The molecule has 2 amide bonds. The molecular formula is C12H13N3O2. The lowest BCUT2D eigenvalue weighted by molar-refractivity contribution is -0.125. The summed E-state index contributed by atoms with van der Waals surface area (Å²) in [5.74, 6) is -0.405. The molecule has 17 heavy (non-hydrogen) atoms. The molecule has 0 saturated heterocycles. The summed E-state index contributed by atoms with van der Waals surface area (Å²) >= 11 is 0. The molecule has 1 aliphatic heterocycles. The van der Waals surface area contributed by atoms with E-state index in [1.807, 2.05) is 0 Å². The standard InChI is InChI=1S/C12H13N3O2/c13-7-3-1-4-8-9(7)10(16)15-12(5-2-6-12)11(17)14-8/h1,3-4H,2,5-6,13H2,(H,14,17)(H,15,16). The van der Waals surface area contributed by atoms with Gasteiger partial charge in [0.25, 0.3) is 5.91 Å². The van der Waals surface area contributed by atoms with Gasteiger partial charge in [-0.3, -0.25) is 9.59 Å². The molecule has 1 heterocycles. The van der Waals surface area contributed by atoms with Crippen molar-refractivity contribution >= 4 is 23.2 Å². The summed E-state index contributed by atoms with van der Waals surface area (Å²) in [6.07, 6.45) is 2.34. The minimum absolute atomic E-state index is 0.138. The molecule has 0 radical (unpaired) electrons. The predicted molar refractivity (Wildman–Crippen MR) is 63.5 cm³/mol. The fourth-order valence-electron chi connectivity index (χ4n) is 2.39. The Hall–Kier alpha value is -2.04. The summed E-state index contributed by atoms with van der Waals surface area (Å²) in [5, 5.41) is 5.59. The van der Waals surface area contributed by atoms with E-state index in [0.29, 0.717) is 29.8 Å². The molecule has 0 atom stereocenters. The topological polar surface area (TPSA) is 84.2 Å². The van der Waals surface area contributed by atoms with Crippen LogP contribution in [0.2, 0.25) is 0 Å². The van der Waals surface area contributed by atoms with Crippen molar-refractivity contribution in [3.05, 3.63) is 23.8 Å². The van der Waals surface area contributed by atoms with Crippen molar-refractivity contribution in [2.75, 3.05) is 11.1 Å². The lowest BCUT2D eigenvalue weighted by Gasteiger charge is -2.39. The van der Waals surface area contributed by atoms with Crippen molar-refractivity contribution < 1.29 is 9.59 Å². The zero-order chi connectivity index (χ0) is 12.0. The highest BCUT2D eigenvalue weighted by Crippen LogP contribution is 2.36. The number of anilines is 2. The number of hydrogen-bond acceptors (Lipinski definition) is 3. The quantitative estimate of drug-likeness (QED) is 0.579. The number of fused-ring (bicyclic) bond motifs is 1. The van der Waals surface area contributed by atoms with Gasteiger partial charge in [0.15, 0.2) is 0 Å². The van der Waals surface area contributed by atoms with E-state index in [0.717, 1.165) is 6.42 Å². The number of amides is 2. The molecule has 2 aliphatic rings. The number of nitrogens with one attached hydrogen (secondary N) is 2. The second kappa shape index (κ2) is 3.23. The lowest BCUT2D eigenvalue weighted by Crippen LogP contribution is -2.59. The molecular weight excluding hydrogens is 218 g/mol. The Kier molecular flexibility index (Phi) is 1.92.